The van der Waals surface area contributed by atoms with Crippen molar-refractivity contribution in [2.75, 3.05) is 0 Å². The molecule has 0 radical (unpaired) electrons. The summed E-state index contributed by atoms with van der Waals surface area (Å²) in [5.74, 6) is 0.0344. The highest BCUT2D eigenvalue weighted by molar-refractivity contribution is 6.00. The molecule has 0 atom stereocenters. The molecule has 0 bridgehead atoms. The first-order valence-corrected chi connectivity index (χ1v) is 7.41. The third-order valence-corrected chi connectivity index (χ3v) is 4.30. The van der Waals surface area contributed by atoms with Crippen LogP contribution in [-0.2, 0) is 4.74 Å². The van der Waals surface area contributed by atoms with E-state index in [4.69, 9.17) is 10.1 Å². The Kier molecular flexibility index (Phi) is 3.62. The maximum Gasteiger partial charge on any atom is 0.225 e. The zero-order valence-corrected chi connectivity index (χ0v) is 11.9. The Bertz CT molecular complexity index is 644. The van der Waals surface area contributed by atoms with Crippen molar-refractivity contribution in [1.82, 2.24) is 0 Å². The van der Waals surface area contributed by atoms with E-state index in [9.17, 15) is 5.26 Å². The summed E-state index contributed by atoms with van der Waals surface area (Å²) >= 11 is 0. The van der Waals surface area contributed by atoms with Crippen LogP contribution < -0.4 is 0 Å². The summed E-state index contributed by atoms with van der Waals surface area (Å²) < 4.78 is 5.83. The average Bonchev–Trinajstić information content (AvgIpc) is 2.77. The monoisotopic (exact) mass is 278 g/mol. The van der Waals surface area contributed by atoms with E-state index < -0.39 is 5.60 Å². The third-order valence-electron chi connectivity index (χ3n) is 4.30. The molecule has 3 rings (SSSR count). The minimum Gasteiger partial charge on any atom is -0.466 e. The fourth-order valence-electron chi connectivity index (χ4n) is 3.24. The van der Waals surface area contributed by atoms with Gasteiger partial charge in [-0.15, -0.1) is 0 Å². The summed E-state index contributed by atoms with van der Waals surface area (Å²) in [6.45, 7) is 0. The third kappa shape index (κ3) is 2.50. The molecule has 1 N–H and O–H groups in total. The van der Waals surface area contributed by atoms with Crippen LogP contribution in [0.4, 0.5) is 0 Å². The maximum absolute atomic E-state index is 9.36. The van der Waals surface area contributed by atoms with E-state index >= 15 is 0 Å². The Hall–Kier alpha value is -2.34. The molecule has 1 heterocycles. The first-order valence-electron chi connectivity index (χ1n) is 7.41. The van der Waals surface area contributed by atoms with Crippen molar-refractivity contribution < 1.29 is 4.74 Å². The minimum atomic E-state index is -0.439. The van der Waals surface area contributed by atoms with Gasteiger partial charge in [-0.3, -0.25) is 5.41 Å². The topological polar surface area (TPSA) is 56.9 Å². The molecule has 2 aliphatic rings. The van der Waals surface area contributed by atoms with Gasteiger partial charge in [0.2, 0.25) is 5.90 Å². The van der Waals surface area contributed by atoms with Gasteiger partial charge in [0.05, 0.1) is 0 Å². The van der Waals surface area contributed by atoms with Gasteiger partial charge in [0.1, 0.15) is 17.2 Å². The van der Waals surface area contributed by atoms with Crippen LogP contribution >= 0.6 is 0 Å². The van der Waals surface area contributed by atoms with E-state index in [1.165, 1.54) is 6.42 Å². The number of hydrogen-bond donors (Lipinski definition) is 1. The number of rotatable bonds is 2. The molecule has 0 aromatic heterocycles. The lowest BCUT2D eigenvalue weighted by Crippen LogP contribution is -2.33. The second-order valence-electron chi connectivity index (χ2n) is 5.63. The largest absolute Gasteiger partial charge is 0.466 e. The molecular formula is C18H18N2O. The Morgan fingerprint density at radius 2 is 1.81 bits per heavy atom. The fraction of sp³-hybridized carbons (Fsp3) is 0.333. The predicted octanol–water partition coefficient (Wildman–Crippen LogP) is 4.23. The van der Waals surface area contributed by atoms with E-state index in [-0.39, 0.29) is 5.90 Å². The van der Waals surface area contributed by atoms with E-state index in [0.29, 0.717) is 5.57 Å². The molecule has 1 aromatic carbocycles. The molecule has 1 fully saturated rings. The fourth-order valence-corrected chi connectivity index (χ4v) is 3.24. The second-order valence-corrected chi connectivity index (χ2v) is 5.63. The van der Waals surface area contributed by atoms with E-state index in [2.05, 4.69) is 6.07 Å². The Balaban J connectivity index is 1.98. The molecule has 3 heteroatoms. The molecule has 106 valence electrons. The molecule has 21 heavy (non-hydrogen) atoms. The van der Waals surface area contributed by atoms with Gasteiger partial charge in [0.15, 0.2) is 0 Å². The normalized spacial score (nSPS) is 20.8. The van der Waals surface area contributed by atoms with Crippen molar-refractivity contribution in [3.8, 4) is 6.07 Å². The van der Waals surface area contributed by atoms with Crippen LogP contribution in [-0.4, -0.2) is 11.5 Å². The number of nitriles is 1. The van der Waals surface area contributed by atoms with Crippen molar-refractivity contribution >= 4 is 12.0 Å². The molecule has 3 nitrogen and oxygen atoms in total. The number of benzene rings is 1. The SMILES string of the molecule is N#CC1=C(/C=C/c2ccccc2)C2(CCCCC2)OC1=N. The van der Waals surface area contributed by atoms with Gasteiger partial charge in [-0.1, -0.05) is 48.9 Å². The molecule has 1 aromatic rings. The van der Waals surface area contributed by atoms with Crippen LogP contribution in [0, 0.1) is 16.7 Å². The van der Waals surface area contributed by atoms with Gasteiger partial charge < -0.3 is 4.74 Å². The molecule has 1 aliphatic heterocycles. The molecule has 1 saturated carbocycles. The van der Waals surface area contributed by atoms with E-state index in [0.717, 1.165) is 36.8 Å². The lowest BCUT2D eigenvalue weighted by atomic mass is 9.78. The highest BCUT2D eigenvalue weighted by atomic mass is 16.5. The summed E-state index contributed by atoms with van der Waals surface area (Å²) in [7, 11) is 0. The van der Waals surface area contributed by atoms with Crippen LogP contribution in [0.2, 0.25) is 0 Å². The van der Waals surface area contributed by atoms with Crippen molar-refractivity contribution in [3.63, 3.8) is 0 Å². The summed E-state index contributed by atoms with van der Waals surface area (Å²) in [5, 5.41) is 17.3. The van der Waals surface area contributed by atoms with Gasteiger partial charge in [-0.05, 0) is 31.2 Å². The van der Waals surface area contributed by atoms with Crippen LogP contribution in [0.15, 0.2) is 47.6 Å². The molecule has 1 aliphatic carbocycles. The van der Waals surface area contributed by atoms with Crippen LogP contribution in [0.3, 0.4) is 0 Å². The highest BCUT2D eigenvalue weighted by Gasteiger charge is 2.45. The molecule has 0 saturated heterocycles. The Labute approximate surface area is 125 Å². The molecular weight excluding hydrogens is 260 g/mol. The molecule has 1 spiro atoms. The zero-order valence-electron chi connectivity index (χ0n) is 11.9. The summed E-state index contributed by atoms with van der Waals surface area (Å²) in [5.41, 5.74) is 1.93. The molecule has 0 unspecified atom stereocenters. The van der Waals surface area contributed by atoms with Crippen molar-refractivity contribution in [2.45, 2.75) is 37.7 Å². The van der Waals surface area contributed by atoms with E-state index in [1.54, 1.807) is 0 Å². The van der Waals surface area contributed by atoms with Crippen molar-refractivity contribution in [3.05, 3.63) is 53.1 Å². The Morgan fingerprint density at radius 1 is 1.10 bits per heavy atom. The van der Waals surface area contributed by atoms with Gasteiger partial charge in [0, 0.05) is 5.57 Å². The quantitative estimate of drug-likeness (QED) is 0.880. The number of ether oxygens (including phenoxy) is 1. The van der Waals surface area contributed by atoms with Gasteiger partial charge in [-0.25, -0.2) is 0 Å². The van der Waals surface area contributed by atoms with Gasteiger partial charge >= 0.3 is 0 Å². The van der Waals surface area contributed by atoms with Crippen molar-refractivity contribution in [1.29, 1.82) is 10.7 Å². The molecule has 0 amide bonds. The van der Waals surface area contributed by atoms with Gasteiger partial charge in [-0.2, -0.15) is 5.26 Å². The predicted molar refractivity (Wildman–Crippen MR) is 82.7 cm³/mol. The lowest BCUT2D eigenvalue weighted by Gasteiger charge is -2.34. The van der Waals surface area contributed by atoms with Crippen molar-refractivity contribution in [2.24, 2.45) is 0 Å². The smallest absolute Gasteiger partial charge is 0.225 e. The summed E-state index contributed by atoms with van der Waals surface area (Å²) in [6.07, 6.45) is 9.16. The maximum atomic E-state index is 9.36. The second kappa shape index (κ2) is 5.57. The number of hydrogen-bond acceptors (Lipinski definition) is 3. The van der Waals surface area contributed by atoms with Crippen LogP contribution in [0.25, 0.3) is 6.08 Å². The Morgan fingerprint density at radius 3 is 2.48 bits per heavy atom. The summed E-state index contributed by atoms with van der Waals surface area (Å²) in [4.78, 5) is 0. The summed E-state index contributed by atoms with van der Waals surface area (Å²) in [6, 6.07) is 12.2. The average molecular weight is 278 g/mol. The van der Waals surface area contributed by atoms with E-state index in [1.807, 2.05) is 42.5 Å². The van der Waals surface area contributed by atoms with Crippen LogP contribution in [0.1, 0.15) is 37.7 Å². The zero-order chi connectivity index (χ0) is 14.7. The standard InChI is InChI=1S/C18H18N2O/c19-13-15-16(10-9-14-7-3-1-4-8-14)18(21-17(15)20)11-5-2-6-12-18/h1,3-4,7-10,20H,2,5-6,11-12H2/b10-9+,20-17?. The first-order chi connectivity index (χ1) is 10.2. The van der Waals surface area contributed by atoms with Gasteiger partial charge in [0.25, 0.3) is 0 Å². The lowest BCUT2D eigenvalue weighted by molar-refractivity contribution is 0.0679. The van der Waals surface area contributed by atoms with Crippen LogP contribution in [0.5, 0.6) is 0 Å². The minimum absolute atomic E-state index is 0.0344. The highest BCUT2D eigenvalue weighted by Crippen LogP contribution is 2.44. The number of nitrogens with zero attached hydrogens (tertiary/aromatic N) is 1. The number of nitrogens with one attached hydrogen (secondary N) is 1. The first kappa shape index (κ1) is 13.6.